The molecule has 0 saturated carbocycles. The number of aliphatic carboxylic acids is 1. The van der Waals surface area contributed by atoms with E-state index in [9.17, 15) is 29.1 Å². The standard InChI is InChI=1S/C21H35N7O6/c1-5-11(4)17(28-19(31)16(23)10(2)3)20(32)26-13(7-15(22)29)18(30)27-14(21(33)34)6-12-8-24-9-25-12/h8-11,13-14,16-17H,5-7,23H2,1-4H3,(H2,22,29)(H,24,25)(H,26,32)(H,27,30)(H,28,31)(H,33,34). The van der Waals surface area contributed by atoms with Gasteiger partial charge in [0.15, 0.2) is 0 Å². The second-order valence-corrected chi connectivity index (χ2v) is 8.55. The third-order valence-electron chi connectivity index (χ3n) is 5.45. The normalized spacial score (nSPS) is 15.5. The second kappa shape index (κ2) is 13.3. The van der Waals surface area contributed by atoms with Gasteiger partial charge in [-0.2, -0.15) is 0 Å². The van der Waals surface area contributed by atoms with Gasteiger partial charge in [-0.1, -0.05) is 34.1 Å². The molecule has 34 heavy (non-hydrogen) atoms. The summed E-state index contributed by atoms with van der Waals surface area (Å²) in [6.45, 7) is 7.08. The number of carbonyl (C=O) groups is 5. The average Bonchev–Trinajstić information content (AvgIpc) is 3.27. The van der Waals surface area contributed by atoms with Crippen molar-refractivity contribution >= 4 is 29.6 Å². The van der Waals surface area contributed by atoms with E-state index in [-0.39, 0.29) is 18.3 Å². The Kier molecular flexibility index (Phi) is 11.2. The first-order chi connectivity index (χ1) is 15.9. The molecular formula is C21H35N7O6. The van der Waals surface area contributed by atoms with Gasteiger partial charge in [0.1, 0.15) is 18.1 Å². The predicted molar refractivity (Wildman–Crippen MR) is 122 cm³/mol. The monoisotopic (exact) mass is 481 g/mol. The molecular weight excluding hydrogens is 446 g/mol. The maximum absolute atomic E-state index is 13.0. The first kappa shape index (κ1) is 28.6. The Labute approximate surface area is 197 Å². The Hall–Kier alpha value is -3.48. The summed E-state index contributed by atoms with van der Waals surface area (Å²) in [6, 6.07) is -4.68. The number of carbonyl (C=O) groups excluding carboxylic acids is 4. The van der Waals surface area contributed by atoms with Crippen LogP contribution in [0.25, 0.3) is 0 Å². The van der Waals surface area contributed by atoms with Gasteiger partial charge in [0, 0.05) is 18.3 Å². The van der Waals surface area contributed by atoms with Crippen molar-refractivity contribution in [3.63, 3.8) is 0 Å². The molecule has 5 unspecified atom stereocenters. The molecule has 0 aromatic carbocycles. The molecule has 0 aliphatic rings. The van der Waals surface area contributed by atoms with Crippen LogP contribution in [0.5, 0.6) is 0 Å². The zero-order chi connectivity index (χ0) is 26.0. The van der Waals surface area contributed by atoms with Crippen LogP contribution in [0.3, 0.4) is 0 Å². The first-order valence-electron chi connectivity index (χ1n) is 11.0. The zero-order valence-corrected chi connectivity index (χ0v) is 19.8. The van der Waals surface area contributed by atoms with Crippen LogP contribution >= 0.6 is 0 Å². The van der Waals surface area contributed by atoms with E-state index < -0.39 is 60.2 Å². The highest BCUT2D eigenvalue weighted by molar-refractivity contribution is 5.96. The minimum atomic E-state index is -1.45. The zero-order valence-electron chi connectivity index (χ0n) is 19.8. The number of H-pyrrole nitrogens is 1. The number of imidazole rings is 1. The summed E-state index contributed by atoms with van der Waals surface area (Å²) in [5, 5.41) is 16.8. The van der Waals surface area contributed by atoms with Gasteiger partial charge < -0.3 is 37.5 Å². The minimum Gasteiger partial charge on any atom is -0.480 e. The van der Waals surface area contributed by atoms with E-state index in [1.54, 1.807) is 20.8 Å². The first-order valence-corrected chi connectivity index (χ1v) is 11.0. The van der Waals surface area contributed by atoms with Crippen LogP contribution in [-0.4, -0.2) is 68.8 Å². The maximum atomic E-state index is 13.0. The van der Waals surface area contributed by atoms with Crippen LogP contribution in [0.4, 0.5) is 0 Å². The van der Waals surface area contributed by atoms with Crippen LogP contribution in [-0.2, 0) is 30.4 Å². The van der Waals surface area contributed by atoms with Crippen LogP contribution in [0, 0.1) is 11.8 Å². The summed E-state index contributed by atoms with van der Waals surface area (Å²) in [6.07, 6.45) is 2.62. The van der Waals surface area contributed by atoms with E-state index in [1.165, 1.54) is 12.5 Å². The van der Waals surface area contributed by atoms with Gasteiger partial charge in [0.2, 0.25) is 23.6 Å². The smallest absolute Gasteiger partial charge is 0.326 e. The van der Waals surface area contributed by atoms with Gasteiger partial charge >= 0.3 is 5.97 Å². The molecule has 0 saturated heterocycles. The summed E-state index contributed by atoms with van der Waals surface area (Å²) in [5.74, 6) is -4.86. The van der Waals surface area contributed by atoms with Crippen molar-refractivity contribution in [2.75, 3.05) is 0 Å². The van der Waals surface area contributed by atoms with E-state index >= 15 is 0 Å². The van der Waals surface area contributed by atoms with Crippen molar-refractivity contribution < 1.29 is 29.1 Å². The molecule has 9 N–H and O–H groups in total. The summed E-state index contributed by atoms with van der Waals surface area (Å²) in [7, 11) is 0. The average molecular weight is 482 g/mol. The highest BCUT2D eigenvalue weighted by Gasteiger charge is 2.33. The van der Waals surface area contributed by atoms with Gasteiger partial charge in [-0.05, 0) is 11.8 Å². The number of rotatable bonds is 14. The Morgan fingerprint density at radius 3 is 2.12 bits per heavy atom. The SMILES string of the molecule is CCC(C)C(NC(=O)C(N)C(C)C)C(=O)NC(CC(N)=O)C(=O)NC(Cc1cnc[nH]1)C(=O)O. The molecule has 0 bridgehead atoms. The quantitative estimate of drug-likeness (QED) is 0.163. The van der Waals surface area contributed by atoms with Crippen molar-refractivity contribution in [1.82, 2.24) is 25.9 Å². The molecule has 1 rings (SSSR count). The van der Waals surface area contributed by atoms with Crippen LogP contribution in [0.1, 0.15) is 46.2 Å². The number of hydrogen-bond donors (Lipinski definition) is 7. The number of amides is 4. The largest absolute Gasteiger partial charge is 0.480 e. The summed E-state index contributed by atoms with van der Waals surface area (Å²) < 4.78 is 0. The molecule has 1 aromatic heterocycles. The summed E-state index contributed by atoms with van der Waals surface area (Å²) >= 11 is 0. The van der Waals surface area contributed by atoms with E-state index in [4.69, 9.17) is 11.5 Å². The van der Waals surface area contributed by atoms with Crippen molar-refractivity contribution in [2.24, 2.45) is 23.3 Å². The lowest BCUT2D eigenvalue weighted by molar-refractivity contribution is -0.142. The number of carboxylic acids is 1. The Morgan fingerprint density at radius 1 is 1.03 bits per heavy atom. The molecule has 0 fully saturated rings. The number of nitrogens with one attached hydrogen (secondary N) is 4. The molecule has 13 heteroatoms. The number of aromatic amines is 1. The third kappa shape index (κ3) is 8.81. The molecule has 1 heterocycles. The van der Waals surface area contributed by atoms with Crippen molar-refractivity contribution in [1.29, 1.82) is 0 Å². The van der Waals surface area contributed by atoms with Gasteiger partial charge in [-0.15, -0.1) is 0 Å². The predicted octanol–water partition coefficient (Wildman–Crippen LogP) is -1.60. The number of aromatic nitrogens is 2. The Balaban J connectivity index is 3.02. The van der Waals surface area contributed by atoms with E-state index in [2.05, 4.69) is 25.9 Å². The second-order valence-electron chi connectivity index (χ2n) is 8.55. The highest BCUT2D eigenvalue weighted by atomic mass is 16.4. The number of carboxylic acid groups (broad SMARTS) is 1. The van der Waals surface area contributed by atoms with E-state index in [0.29, 0.717) is 12.1 Å². The van der Waals surface area contributed by atoms with E-state index in [1.807, 2.05) is 6.92 Å². The molecule has 190 valence electrons. The maximum Gasteiger partial charge on any atom is 0.326 e. The number of primary amides is 1. The fourth-order valence-corrected chi connectivity index (χ4v) is 3.01. The molecule has 4 amide bonds. The lowest BCUT2D eigenvalue weighted by Gasteiger charge is -2.28. The van der Waals surface area contributed by atoms with Crippen molar-refractivity contribution in [3.8, 4) is 0 Å². The highest BCUT2D eigenvalue weighted by Crippen LogP contribution is 2.10. The fraction of sp³-hybridized carbons (Fsp3) is 0.619. The van der Waals surface area contributed by atoms with Crippen LogP contribution in [0.2, 0.25) is 0 Å². The van der Waals surface area contributed by atoms with E-state index in [0.717, 1.165) is 0 Å². The molecule has 13 nitrogen and oxygen atoms in total. The fourth-order valence-electron chi connectivity index (χ4n) is 3.01. The lowest BCUT2D eigenvalue weighted by atomic mass is 9.96. The summed E-state index contributed by atoms with van der Waals surface area (Å²) in [4.78, 5) is 68.0. The topological polar surface area (TPSA) is 222 Å². The summed E-state index contributed by atoms with van der Waals surface area (Å²) in [5.41, 5.74) is 11.6. The number of hydrogen-bond acceptors (Lipinski definition) is 7. The Bertz CT molecular complexity index is 858. The van der Waals surface area contributed by atoms with Gasteiger partial charge in [-0.25, -0.2) is 9.78 Å². The van der Waals surface area contributed by atoms with Crippen LogP contribution in [0.15, 0.2) is 12.5 Å². The molecule has 0 aliphatic carbocycles. The van der Waals surface area contributed by atoms with Gasteiger partial charge in [-0.3, -0.25) is 19.2 Å². The molecule has 5 atom stereocenters. The van der Waals surface area contributed by atoms with Crippen molar-refractivity contribution in [3.05, 3.63) is 18.2 Å². The molecule has 0 spiro atoms. The number of nitrogens with zero attached hydrogens (tertiary/aromatic N) is 1. The molecule has 0 aliphatic heterocycles. The van der Waals surface area contributed by atoms with Gasteiger partial charge in [0.05, 0.1) is 18.8 Å². The lowest BCUT2D eigenvalue weighted by Crippen LogP contribution is -2.59. The molecule has 1 aromatic rings. The van der Waals surface area contributed by atoms with Gasteiger partial charge in [0.25, 0.3) is 0 Å². The Morgan fingerprint density at radius 2 is 1.65 bits per heavy atom. The number of nitrogens with two attached hydrogens (primary N) is 2. The minimum absolute atomic E-state index is 0.100. The molecule has 0 radical (unpaired) electrons. The van der Waals surface area contributed by atoms with Crippen molar-refractivity contribution in [2.45, 2.75) is 71.1 Å². The van der Waals surface area contributed by atoms with Crippen LogP contribution < -0.4 is 27.4 Å². The third-order valence-corrected chi connectivity index (χ3v) is 5.45.